The molecule has 0 spiro atoms. The Morgan fingerprint density at radius 3 is 3.00 bits per heavy atom. The normalized spacial score (nSPS) is 10.4. The molecule has 0 aliphatic rings. The molecule has 2 rings (SSSR count). The molecule has 84 valence electrons. The summed E-state index contributed by atoms with van der Waals surface area (Å²) in [6.07, 6.45) is 4.69. The summed E-state index contributed by atoms with van der Waals surface area (Å²) in [6, 6.07) is 3.91. The number of nitrogens with zero attached hydrogens (tertiary/aromatic N) is 2. The van der Waals surface area contributed by atoms with E-state index in [4.69, 9.17) is 0 Å². The van der Waals surface area contributed by atoms with Crippen LogP contribution in [0.1, 0.15) is 16.8 Å². The number of aromatic nitrogens is 2. The molecule has 0 saturated heterocycles. The van der Waals surface area contributed by atoms with Gasteiger partial charge in [-0.15, -0.1) is 11.3 Å². The molecule has 1 N–H and O–H groups in total. The Morgan fingerprint density at radius 1 is 1.44 bits per heavy atom. The fourth-order valence-electron chi connectivity index (χ4n) is 1.29. The van der Waals surface area contributed by atoms with Gasteiger partial charge in [0.25, 0.3) is 0 Å². The van der Waals surface area contributed by atoms with Crippen LogP contribution in [0.2, 0.25) is 0 Å². The van der Waals surface area contributed by atoms with Crippen molar-refractivity contribution in [2.75, 3.05) is 5.32 Å². The summed E-state index contributed by atoms with van der Waals surface area (Å²) in [5.41, 5.74) is 1.01. The molecule has 0 aliphatic heterocycles. The first-order chi connectivity index (χ1) is 7.79. The number of hydrogen-bond donors (Lipinski definition) is 1. The van der Waals surface area contributed by atoms with Gasteiger partial charge < -0.3 is 5.32 Å². The average Bonchev–Trinajstić information content (AvgIpc) is 2.76. The van der Waals surface area contributed by atoms with Gasteiger partial charge in [-0.1, -0.05) is 6.92 Å². The van der Waals surface area contributed by atoms with Crippen molar-refractivity contribution in [3.8, 4) is 0 Å². The van der Waals surface area contributed by atoms with Crippen molar-refractivity contribution in [1.29, 1.82) is 0 Å². The van der Waals surface area contributed by atoms with Gasteiger partial charge in [0.1, 0.15) is 4.60 Å². The Labute approximate surface area is 107 Å². The molecule has 2 aromatic rings. The van der Waals surface area contributed by atoms with Crippen LogP contribution in [0.3, 0.4) is 0 Å². The third kappa shape index (κ3) is 2.80. The first-order valence-corrected chi connectivity index (χ1v) is 6.68. The van der Waals surface area contributed by atoms with E-state index in [-0.39, 0.29) is 0 Å². The molecule has 3 nitrogen and oxygen atoms in total. The molecule has 2 aromatic heterocycles. The SMILES string of the molecule is CCc1ncc(CNc2cccnc2Br)s1. The maximum atomic E-state index is 4.32. The minimum absolute atomic E-state index is 0.794. The fraction of sp³-hybridized carbons (Fsp3) is 0.273. The van der Waals surface area contributed by atoms with Crippen molar-refractivity contribution in [3.05, 3.63) is 39.0 Å². The van der Waals surface area contributed by atoms with Crippen molar-refractivity contribution in [3.63, 3.8) is 0 Å². The number of hydrogen-bond acceptors (Lipinski definition) is 4. The van der Waals surface area contributed by atoms with Gasteiger partial charge in [0.2, 0.25) is 0 Å². The molecule has 0 atom stereocenters. The smallest absolute Gasteiger partial charge is 0.129 e. The summed E-state index contributed by atoms with van der Waals surface area (Å²) in [6.45, 7) is 2.91. The number of aryl methyl sites for hydroxylation is 1. The van der Waals surface area contributed by atoms with Crippen LogP contribution in [0.25, 0.3) is 0 Å². The van der Waals surface area contributed by atoms with Gasteiger partial charge in [-0.2, -0.15) is 0 Å². The quantitative estimate of drug-likeness (QED) is 0.878. The minimum Gasteiger partial charge on any atom is -0.378 e. The highest BCUT2D eigenvalue weighted by atomic mass is 79.9. The first-order valence-electron chi connectivity index (χ1n) is 5.07. The summed E-state index contributed by atoms with van der Waals surface area (Å²) >= 11 is 5.15. The first kappa shape index (κ1) is 11.5. The van der Waals surface area contributed by atoms with Gasteiger partial charge in [-0.25, -0.2) is 9.97 Å². The van der Waals surface area contributed by atoms with E-state index in [1.54, 1.807) is 17.5 Å². The van der Waals surface area contributed by atoms with Crippen molar-refractivity contribution in [2.24, 2.45) is 0 Å². The van der Waals surface area contributed by atoms with Crippen LogP contribution in [-0.4, -0.2) is 9.97 Å². The molecule has 0 radical (unpaired) electrons. The molecule has 2 heterocycles. The number of pyridine rings is 1. The summed E-state index contributed by atoms with van der Waals surface area (Å²) in [7, 11) is 0. The second-order valence-electron chi connectivity index (χ2n) is 3.27. The van der Waals surface area contributed by atoms with E-state index in [1.807, 2.05) is 18.3 Å². The Hall–Kier alpha value is -0.940. The average molecular weight is 298 g/mol. The molecule has 0 saturated carbocycles. The van der Waals surface area contributed by atoms with Crippen molar-refractivity contribution in [2.45, 2.75) is 19.9 Å². The van der Waals surface area contributed by atoms with Crippen LogP contribution < -0.4 is 5.32 Å². The molecule has 0 bridgehead atoms. The molecule has 0 fully saturated rings. The maximum Gasteiger partial charge on any atom is 0.129 e. The Balaban J connectivity index is 1.99. The van der Waals surface area contributed by atoms with E-state index < -0.39 is 0 Å². The molecule has 5 heteroatoms. The monoisotopic (exact) mass is 297 g/mol. The lowest BCUT2D eigenvalue weighted by Gasteiger charge is -2.05. The number of thiazole rings is 1. The lowest BCUT2D eigenvalue weighted by molar-refractivity contribution is 1.09. The highest BCUT2D eigenvalue weighted by Gasteiger charge is 2.02. The Bertz CT molecular complexity index is 470. The van der Waals surface area contributed by atoms with Gasteiger partial charge >= 0.3 is 0 Å². The largest absolute Gasteiger partial charge is 0.378 e. The van der Waals surface area contributed by atoms with Gasteiger partial charge in [0, 0.05) is 17.3 Å². The van der Waals surface area contributed by atoms with E-state index >= 15 is 0 Å². The number of anilines is 1. The molecule has 16 heavy (non-hydrogen) atoms. The van der Waals surface area contributed by atoms with E-state index in [1.165, 1.54) is 9.88 Å². The molecular formula is C11H12BrN3S. The standard InChI is InChI=1S/C11H12BrN3S/c1-2-10-15-7-8(16-10)6-14-9-4-3-5-13-11(9)12/h3-5,7,14H,2,6H2,1H3. The lowest BCUT2D eigenvalue weighted by Crippen LogP contribution is -1.98. The topological polar surface area (TPSA) is 37.8 Å². The summed E-state index contributed by atoms with van der Waals surface area (Å²) < 4.78 is 0.843. The lowest BCUT2D eigenvalue weighted by atomic mass is 10.4. The van der Waals surface area contributed by atoms with Gasteiger partial charge in [0.05, 0.1) is 17.2 Å². The number of rotatable bonds is 4. The third-order valence-corrected chi connectivity index (χ3v) is 3.89. The van der Waals surface area contributed by atoms with Crippen molar-refractivity contribution >= 4 is 33.0 Å². The van der Waals surface area contributed by atoms with E-state index in [9.17, 15) is 0 Å². The Kier molecular flexibility index (Phi) is 3.90. The van der Waals surface area contributed by atoms with Crippen LogP contribution in [0.4, 0.5) is 5.69 Å². The number of nitrogens with one attached hydrogen (secondary N) is 1. The third-order valence-electron chi connectivity index (χ3n) is 2.12. The van der Waals surface area contributed by atoms with E-state index in [0.29, 0.717) is 0 Å². The number of halogens is 1. The zero-order chi connectivity index (χ0) is 11.4. The predicted molar refractivity (Wildman–Crippen MR) is 70.8 cm³/mol. The second kappa shape index (κ2) is 5.41. The summed E-state index contributed by atoms with van der Waals surface area (Å²) in [4.78, 5) is 9.72. The molecule has 0 aliphatic carbocycles. The highest BCUT2D eigenvalue weighted by Crippen LogP contribution is 2.20. The van der Waals surface area contributed by atoms with Crippen LogP contribution >= 0.6 is 27.3 Å². The zero-order valence-electron chi connectivity index (χ0n) is 8.90. The fourth-order valence-corrected chi connectivity index (χ4v) is 2.49. The zero-order valence-corrected chi connectivity index (χ0v) is 11.3. The van der Waals surface area contributed by atoms with Gasteiger partial charge in [-0.3, -0.25) is 0 Å². The van der Waals surface area contributed by atoms with Crippen molar-refractivity contribution in [1.82, 2.24) is 9.97 Å². The highest BCUT2D eigenvalue weighted by molar-refractivity contribution is 9.10. The minimum atomic E-state index is 0.794. The van der Waals surface area contributed by atoms with Crippen LogP contribution in [0.5, 0.6) is 0 Å². The van der Waals surface area contributed by atoms with E-state index in [0.717, 1.165) is 23.3 Å². The van der Waals surface area contributed by atoms with Crippen LogP contribution in [0, 0.1) is 0 Å². The summed E-state index contributed by atoms with van der Waals surface area (Å²) in [5.74, 6) is 0. The molecular weight excluding hydrogens is 286 g/mol. The van der Waals surface area contributed by atoms with E-state index in [2.05, 4.69) is 38.1 Å². The molecule has 0 amide bonds. The Morgan fingerprint density at radius 2 is 2.31 bits per heavy atom. The maximum absolute atomic E-state index is 4.32. The summed E-state index contributed by atoms with van der Waals surface area (Å²) in [5, 5.41) is 4.51. The van der Waals surface area contributed by atoms with Gasteiger partial charge in [-0.05, 0) is 34.5 Å². The van der Waals surface area contributed by atoms with Crippen molar-refractivity contribution < 1.29 is 0 Å². The van der Waals surface area contributed by atoms with Crippen LogP contribution in [-0.2, 0) is 13.0 Å². The molecule has 0 aromatic carbocycles. The predicted octanol–water partition coefficient (Wildman–Crippen LogP) is 3.48. The van der Waals surface area contributed by atoms with Gasteiger partial charge in [0.15, 0.2) is 0 Å². The molecule has 0 unspecified atom stereocenters. The second-order valence-corrected chi connectivity index (χ2v) is 5.22. The van der Waals surface area contributed by atoms with Crippen LogP contribution in [0.15, 0.2) is 29.1 Å².